The van der Waals surface area contributed by atoms with E-state index in [2.05, 4.69) is 15.9 Å². The number of ether oxygens (including phenoxy) is 1. The van der Waals surface area contributed by atoms with Crippen molar-refractivity contribution in [2.45, 2.75) is 0 Å². The highest BCUT2D eigenvalue weighted by Crippen LogP contribution is 1.74. The van der Waals surface area contributed by atoms with Crippen molar-refractivity contribution in [2.75, 3.05) is 26.4 Å². The third-order valence-corrected chi connectivity index (χ3v) is 0.672. The van der Waals surface area contributed by atoms with Gasteiger partial charge < -0.3 is 9.57 Å². The molecule has 0 aromatic heterocycles. The first-order valence-electron chi connectivity index (χ1n) is 2.60. The molecule has 0 aromatic rings. The quantitative estimate of drug-likeness (QED) is 0.306. The lowest BCUT2D eigenvalue weighted by Gasteiger charge is -1.97. The lowest BCUT2D eigenvalue weighted by molar-refractivity contribution is 0.0509. The molecule has 0 atom stereocenters. The Morgan fingerprint density at radius 3 is 2.67 bits per heavy atom. The van der Waals surface area contributed by atoms with Gasteiger partial charge in [-0.3, -0.25) is 0 Å². The Hall–Kier alpha value is -0.520. The molecule has 0 amide bonds. The Labute approximate surface area is 53.0 Å². The van der Waals surface area contributed by atoms with Crippen molar-refractivity contribution in [1.82, 2.24) is 0 Å². The smallest absolute Gasteiger partial charge is 0.104 e. The fraction of sp³-hybridized carbons (Fsp3) is 1.00. The van der Waals surface area contributed by atoms with Gasteiger partial charge in [0.15, 0.2) is 0 Å². The van der Waals surface area contributed by atoms with E-state index in [1.54, 1.807) is 0 Å². The lowest BCUT2D eigenvalue weighted by atomic mass is 10.7. The monoisotopic (exact) mass is 134 g/mol. The normalized spacial score (nSPS) is 9.44. The van der Waals surface area contributed by atoms with Crippen LogP contribution >= 0.6 is 0 Å². The molecule has 0 saturated carbocycles. The van der Waals surface area contributed by atoms with E-state index in [1.807, 2.05) is 0 Å². The molecule has 9 heavy (non-hydrogen) atoms. The molecule has 5 nitrogen and oxygen atoms in total. The van der Waals surface area contributed by atoms with Crippen LogP contribution in [0, 0.1) is 4.91 Å². The highest BCUT2D eigenvalue weighted by molar-refractivity contribution is 4.36. The minimum absolute atomic E-state index is 0.185. The van der Waals surface area contributed by atoms with Gasteiger partial charge in [-0.05, 0) is 0 Å². The molecule has 0 saturated heterocycles. The molecule has 0 heterocycles. The van der Waals surface area contributed by atoms with Crippen LogP contribution in [-0.4, -0.2) is 26.4 Å². The summed E-state index contributed by atoms with van der Waals surface area (Å²) in [4.78, 5) is 13.6. The second-order valence-electron chi connectivity index (χ2n) is 1.34. The van der Waals surface area contributed by atoms with E-state index in [0.717, 1.165) is 0 Å². The van der Waals surface area contributed by atoms with Crippen LogP contribution in [0.3, 0.4) is 0 Å². The fourth-order valence-electron chi connectivity index (χ4n) is 0.311. The highest BCUT2D eigenvalue weighted by Gasteiger charge is 1.85. The van der Waals surface area contributed by atoms with E-state index in [4.69, 9.17) is 4.74 Å². The van der Waals surface area contributed by atoms with Gasteiger partial charge in [-0.1, -0.05) is 5.18 Å². The zero-order valence-electron chi connectivity index (χ0n) is 5.08. The standard InChI is InChI=1S/C4H10N2O3/c5-9-4-3-8-2-1-6-7/h1-5H2. The van der Waals surface area contributed by atoms with Crippen molar-refractivity contribution in [3.63, 3.8) is 0 Å². The molecule has 2 N–H and O–H groups in total. The second kappa shape index (κ2) is 7.48. The maximum atomic E-state index is 9.45. The predicted molar refractivity (Wildman–Crippen MR) is 31.6 cm³/mol. The molecule has 0 bridgehead atoms. The van der Waals surface area contributed by atoms with E-state index < -0.39 is 0 Å². The summed E-state index contributed by atoms with van der Waals surface area (Å²) in [7, 11) is 0. The molecule has 0 aliphatic heterocycles. The van der Waals surface area contributed by atoms with Crippen molar-refractivity contribution >= 4 is 0 Å². The summed E-state index contributed by atoms with van der Waals surface area (Å²) >= 11 is 0. The largest absolute Gasteiger partial charge is 0.377 e. The summed E-state index contributed by atoms with van der Waals surface area (Å²) in [6.07, 6.45) is 0. The third-order valence-electron chi connectivity index (χ3n) is 0.672. The van der Waals surface area contributed by atoms with Gasteiger partial charge in [-0.2, -0.15) is 4.91 Å². The molecule has 0 aliphatic rings. The number of hydrogen-bond acceptors (Lipinski definition) is 5. The average molecular weight is 134 g/mol. The number of rotatable bonds is 6. The summed E-state index contributed by atoms with van der Waals surface area (Å²) < 4.78 is 4.82. The molecule has 54 valence electrons. The fourth-order valence-corrected chi connectivity index (χ4v) is 0.311. The molecule has 0 aromatic carbocycles. The van der Waals surface area contributed by atoms with Gasteiger partial charge in [0.25, 0.3) is 0 Å². The minimum atomic E-state index is 0.185. The van der Waals surface area contributed by atoms with E-state index in [9.17, 15) is 4.91 Å². The van der Waals surface area contributed by atoms with E-state index >= 15 is 0 Å². The minimum Gasteiger partial charge on any atom is -0.377 e. The molecule has 5 heteroatoms. The number of nitrogens with two attached hydrogens (primary N) is 1. The first-order chi connectivity index (χ1) is 4.41. The topological polar surface area (TPSA) is 73.9 Å². The lowest BCUT2D eigenvalue weighted by Crippen LogP contribution is -2.09. The number of nitroso groups, excluding NO2 is 1. The average Bonchev–Trinajstić information content (AvgIpc) is 1.89. The van der Waals surface area contributed by atoms with Crippen molar-refractivity contribution in [3.8, 4) is 0 Å². The van der Waals surface area contributed by atoms with Crippen LogP contribution in [0.15, 0.2) is 5.18 Å². The zero-order chi connectivity index (χ0) is 6.95. The second-order valence-corrected chi connectivity index (χ2v) is 1.34. The van der Waals surface area contributed by atoms with Gasteiger partial charge in [-0.25, -0.2) is 5.90 Å². The summed E-state index contributed by atoms with van der Waals surface area (Å²) in [6, 6.07) is 0. The van der Waals surface area contributed by atoms with Gasteiger partial charge in [0.2, 0.25) is 0 Å². The zero-order valence-corrected chi connectivity index (χ0v) is 5.08. The molecule has 0 radical (unpaired) electrons. The van der Waals surface area contributed by atoms with Crippen LogP contribution in [0.2, 0.25) is 0 Å². The highest BCUT2D eigenvalue weighted by atomic mass is 16.6. The summed E-state index contributed by atoms with van der Waals surface area (Å²) in [6.45, 7) is 1.28. The number of nitrogens with zero attached hydrogens (tertiary/aromatic N) is 1. The van der Waals surface area contributed by atoms with E-state index in [-0.39, 0.29) is 6.54 Å². The molecular weight excluding hydrogens is 124 g/mol. The van der Waals surface area contributed by atoms with Crippen molar-refractivity contribution < 1.29 is 9.57 Å². The van der Waals surface area contributed by atoms with E-state index in [1.165, 1.54) is 0 Å². The van der Waals surface area contributed by atoms with Crippen molar-refractivity contribution in [1.29, 1.82) is 0 Å². The summed E-state index contributed by atoms with van der Waals surface area (Å²) in [5, 5.41) is 2.59. The Morgan fingerprint density at radius 2 is 2.11 bits per heavy atom. The maximum absolute atomic E-state index is 9.45. The first kappa shape index (κ1) is 8.48. The van der Waals surface area contributed by atoms with Crippen molar-refractivity contribution in [3.05, 3.63) is 4.91 Å². The van der Waals surface area contributed by atoms with Crippen LogP contribution in [0.4, 0.5) is 0 Å². The Kier molecular flexibility index (Phi) is 7.05. The van der Waals surface area contributed by atoms with Crippen LogP contribution < -0.4 is 5.90 Å². The molecule has 0 rings (SSSR count). The Morgan fingerprint density at radius 1 is 1.33 bits per heavy atom. The van der Waals surface area contributed by atoms with Crippen LogP contribution in [0.5, 0.6) is 0 Å². The predicted octanol–water partition coefficient (Wildman–Crippen LogP) is -0.340. The van der Waals surface area contributed by atoms with Crippen LogP contribution in [-0.2, 0) is 9.57 Å². The van der Waals surface area contributed by atoms with Gasteiger partial charge >= 0.3 is 0 Å². The van der Waals surface area contributed by atoms with Gasteiger partial charge in [0, 0.05) is 0 Å². The Balaban J connectivity index is 2.66. The molecule has 0 fully saturated rings. The molecular formula is C4H10N2O3. The van der Waals surface area contributed by atoms with Gasteiger partial charge in [0.05, 0.1) is 19.8 Å². The molecule has 0 unspecified atom stereocenters. The Bertz CT molecular complexity index is 68.8. The third kappa shape index (κ3) is 7.48. The van der Waals surface area contributed by atoms with Crippen LogP contribution in [0.1, 0.15) is 0 Å². The summed E-state index contributed by atoms with van der Waals surface area (Å²) in [5.41, 5.74) is 0. The van der Waals surface area contributed by atoms with Crippen LogP contribution in [0.25, 0.3) is 0 Å². The summed E-state index contributed by atoms with van der Waals surface area (Å²) in [5.74, 6) is 4.68. The maximum Gasteiger partial charge on any atom is 0.104 e. The molecule has 0 aliphatic carbocycles. The molecule has 0 spiro atoms. The van der Waals surface area contributed by atoms with Gasteiger partial charge in [0.1, 0.15) is 6.54 Å². The van der Waals surface area contributed by atoms with E-state index in [0.29, 0.717) is 19.8 Å². The number of hydrogen-bond donors (Lipinski definition) is 1. The van der Waals surface area contributed by atoms with Crippen molar-refractivity contribution in [2.24, 2.45) is 11.1 Å². The van der Waals surface area contributed by atoms with Gasteiger partial charge in [-0.15, -0.1) is 0 Å². The SMILES string of the molecule is NOCCOCCN=O. The first-order valence-corrected chi connectivity index (χ1v) is 2.60.